The molecule has 0 rings (SSSR count). The van der Waals surface area contributed by atoms with E-state index in [0.29, 0.717) is 6.54 Å². The zero-order valence-corrected chi connectivity index (χ0v) is 12.4. The third kappa shape index (κ3) is 7.88. The first kappa shape index (κ1) is 18.9. The highest BCUT2D eigenvalue weighted by Crippen LogP contribution is 2.05. The van der Waals surface area contributed by atoms with E-state index in [0.717, 1.165) is 13.1 Å². The summed E-state index contributed by atoms with van der Waals surface area (Å²) in [5, 5.41) is 8.56. The zero-order valence-electron chi connectivity index (χ0n) is 12.4. The van der Waals surface area contributed by atoms with Gasteiger partial charge >= 0.3 is 17.9 Å². The Kier molecular flexibility index (Phi) is 8.71. The van der Waals surface area contributed by atoms with Crippen LogP contribution in [0, 0.1) is 0 Å². The fourth-order valence-corrected chi connectivity index (χ4v) is 1.35. The fraction of sp³-hybridized carbons (Fsp3) is 0.500. The van der Waals surface area contributed by atoms with Gasteiger partial charge in [0.25, 0.3) is 0 Å². The fourth-order valence-electron chi connectivity index (χ4n) is 1.35. The molecule has 0 aliphatic rings. The summed E-state index contributed by atoms with van der Waals surface area (Å²) >= 11 is 0. The van der Waals surface area contributed by atoms with Gasteiger partial charge in [-0.15, -0.1) is 0 Å². The summed E-state index contributed by atoms with van der Waals surface area (Å²) in [6.45, 7) is 12.8. The largest absolute Gasteiger partial charge is 0.478 e. The zero-order chi connectivity index (χ0) is 16.4. The highest BCUT2D eigenvalue weighted by Gasteiger charge is 2.17. The third-order valence-electron chi connectivity index (χ3n) is 2.66. The van der Waals surface area contributed by atoms with Gasteiger partial charge in [-0.3, -0.25) is 4.79 Å². The molecule has 118 valence electrons. The second-order valence-electron chi connectivity index (χ2n) is 4.15. The Morgan fingerprint density at radius 2 is 1.71 bits per heavy atom. The van der Waals surface area contributed by atoms with E-state index in [1.807, 2.05) is 13.8 Å². The summed E-state index contributed by atoms with van der Waals surface area (Å²) in [7, 11) is 0. The number of carbonyl (C=O) groups is 3. The standard InChI is InChI=1S/C14H21NO6/c1-5-15(6-2)7-8-20-14(19)11(4)21-12(16)9-10(3)13(17)18/h3-9H2,1-2H3,(H,17,18). The molecule has 0 radical (unpaired) electrons. The Labute approximate surface area is 123 Å². The lowest BCUT2D eigenvalue weighted by atomic mass is 10.2. The van der Waals surface area contributed by atoms with Crippen LogP contribution in [0.15, 0.2) is 24.5 Å². The molecule has 0 aliphatic heterocycles. The number of carbonyl (C=O) groups excluding carboxylic acids is 2. The number of hydrogen-bond donors (Lipinski definition) is 1. The van der Waals surface area contributed by atoms with Gasteiger partial charge in [-0.25, -0.2) is 9.59 Å². The molecule has 0 bridgehead atoms. The minimum absolute atomic E-state index is 0.152. The smallest absolute Gasteiger partial charge is 0.373 e. The molecule has 7 heteroatoms. The Morgan fingerprint density at radius 3 is 2.19 bits per heavy atom. The van der Waals surface area contributed by atoms with Gasteiger partial charge in [-0.05, 0) is 19.7 Å². The van der Waals surface area contributed by atoms with Crippen LogP contribution in [0.1, 0.15) is 20.3 Å². The average Bonchev–Trinajstić information content (AvgIpc) is 2.42. The highest BCUT2D eigenvalue weighted by molar-refractivity contribution is 5.94. The topological polar surface area (TPSA) is 93.1 Å². The minimum atomic E-state index is -1.31. The van der Waals surface area contributed by atoms with Crippen LogP contribution >= 0.6 is 0 Å². The number of ether oxygens (including phenoxy) is 2. The van der Waals surface area contributed by atoms with Gasteiger partial charge in [-0.1, -0.05) is 20.4 Å². The molecule has 0 unspecified atom stereocenters. The lowest BCUT2D eigenvalue weighted by molar-refractivity contribution is -0.151. The van der Waals surface area contributed by atoms with Crippen LogP contribution in [-0.4, -0.2) is 54.2 Å². The van der Waals surface area contributed by atoms with Crippen molar-refractivity contribution in [2.75, 3.05) is 26.2 Å². The monoisotopic (exact) mass is 299 g/mol. The molecule has 21 heavy (non-hydrogen) atoms. The van der Waals surface area contributed by atoms with E-state index in [-0.39, 0.29) is 12.2 Å². The summed E-state index contributed by atoms with van der Waals surface area (Å²) < 4.78 is 9.49. The summed E-state index contributed by atoms with van der Waals surface area (Å²) in [6, 6.07) is 0. The molecule has 0 aromatic carbocycles. The quantitative estimate of drug-likeness (QED) is 0.365. The van der Waals surface area contributed by atoms with E-state index in [4.69, 9.17) is 9.84 Å². The molecule has 1 N–H and O–H groups in total. The van der Waals surface area contributed by atoms with Crippen molar-refractivity contribution in [3.63, 3.8) is 0 Å². The molecule has 7 nitrogen and oxygen atoms in total. The van der Waals surface area contributed by atoms with Gasteiger partial charge in [0, 0.05) is 12.1 Å². The maximum Gasteiger partial charge on any atom is 0.373 e. The van der Waals surface area contributed by atoms with Crippen LogP contribution in [0.4, 0.5) is 0 Å². The first-order valence-electron chi connectivity index (χ1n) is 6.51. The molecular weight excluding hydrogens is 278 g/mol. The van der Waals surface area contributed by atoms with Crippen molar-refractivity contribution >= 4 is 17.9 Å². The van der Waals surface area contributed by atoms with Gasteiger partial charge < -0.3 is 19.5 Å². The van der Waals surface area contributed by atoms with Gasteiger partial charge in [0.2, 0.25) is 5.76 Å². The van der Waals surface area contributed by atoms with Crippen LogP contribution in [0.25, 0.3) is 0 Å². The lowest BCUT2D eigenvalue weighted by Gasteiger charge is -2.17. The normalized spacial score (nSPS) is 10.0. The number of nitrogens with zero attached hydrogens (tertiary/aromatic N) is 1. The second-order valence-corrected chi connectivity index (χ2v) is 4.15. The van der Waals surface area contributed by atoms with Crippen molar-refractivity contribution in [1.29, 1.82) is 0 Å². The third-order valence-corrected chi connectivity index (χ3v) is 2.66. The Bertz CT molecular complexity index is 425. The number of hydrogen-bond acceptors (Lipinski definition) is 6. The van der Waals surface area contributed by atoms with Crippen molar-refractivity contribution in [2.24, 2.45) is 0 Å². The van der Waals surface area contributed by atoms with E-state index in [9.17, 15) is 14.4 Å². The molecule has 0 aliphatic carbocycles. The maximum atomic E-state index is 11.5. The van der Waals surface area contributed by atoms with E-state index >= 15 is 0 Å². The first-order valence-corrected chi connectivity index (χ1v) is 6.51. The Hall–Kier alpha value is -2.15. The predicted octanol–water partition coefficient (Wildman–Crippen LogP) is 0.959. The van der Waals surface area contributed by atoms with Crippen molar-refractivity contribution in [1.82, 2.24) is 4.90 Å². The Balaban J connectivity index is 4.10. The van der Waals surface area contributed by atoms with Crippen molar-refractivity contribution < 1.29 is 29.0 Å². The second kappa shape index (κ2) is 9.71. The Morgan fingerprint density at radius 1 is 1.14 bits per heavy atom. The van der Waals surface area contributed by atoms with Crippen LogP contribution in [0.3, 0.4) is 0 Å². The average molecular weight is 299 g/mol. The molecule has 0 spiro atoms. The van der Waals surface area contributed by atoms with Crippen LogP contribution in [-0.2, 0) is 23.9 Å². The summed E-state index contributed by atoms with van der Waals surface area (Å²) in [5.74, 6) is -3.55. The van der Waals surface area contributed by atoms with Crippen LogP contribution in [0.2, 0.25) is 0 Å². The molecule has 0 aromatic rings. The van der Waals surface area contributed by atoms with Gasteiger partial charge in [0.05, 0.1) is 6.42 Å². The summed E-state index contributed by atoms with van der Waals surface area (Å²) in [5.41, 5.74) is -0.331. The molecule has 0 aromatic heterocycles. The number of likely N-dealkylation sites (N-methyl/N-ethyl adjacent to an activating group) is 1. The van der Waals surface area contributed by atoms with Gasteiger partial charge in [-0.2, -0.15) is 0 Å². The maximum absolute atomic E-state index is 11.5. The van der Waals surface area contributed by atoms with Gasteiger partial charge in [0.1, 0.15) is 6.61 Å². The van der Waals surface area contributed by atoms with E-state index in [2.05, 4.69) is 22.8 Å². The number of carboxylic acid groups (broad SMARTS) is 1. The van der Waals surface area contributed by atoms with Crippen molar-refractivity contribution in [3.05, 3.63) is 24.5 Å². The molecular formula is C14H21NO6. The molecule has 0 amide bonds. The minimum Gasteiger partial charge on any atom is -0.478 e. The van der Waals surface area contributed by atoms with E-state index in [1.54, 1.807) is 0 Å². The van der Waals surface area contributed by atoms with Crippen molar-refractivity contribution in [3.8, 4) is 0 Å². The molecule has 0 saturated carbocycles. The number of esters is 2. The first-order chi connectivity index (χ1) is 9.81. The van der Waals surface area contributed by atoms with Crippen molar-refractivity contribution in [2.45, 2.75) is 20.3 Å². The molecule has 0 saturated heterocycles. The van der Waals surface area contributed by atoms with Crippen LogP contribution in [0.5, 0.6) is 0 Å². The molecule has 0 heterocycles. The van der Waals surface area contributed by atoms with E-state index in [1.165, 1.54) is 0 Å². The number of aliphatic carboxylic acids is 1. The predicted molar refractivity (Wildman–Crippen MR) is 75.4 cm³/mol. The van der Waals surface area contributed by atoms with Gasteiger partial charge in [0.15, 0.2) is 0 Å². The van der Waals surface area contributed by atoms with Crippen LogP contribution < -0.4 is 0 Å². The number of carboxylic acids is 1. The summed E-state index contributed by atoms with van der Waals surface area (Å²) in [6.07, 6.45) is -0.527. The SMILES string of the molecule is C=C(CC(=O)OC(=C)C(=O)OCCN(CC)CC)C(=O)O. The number of rotatable bonds is 10. The molecule has 0 fully saturated rings. The van der Waals surface area contributed by atoms with E-state index < -0.39 is 30.1 Å². The highest BCUT2D eigenvalue weighted by atomic mass is 16.6. The summed E-state index contributed by atoms with van der Waals surface area (Å²) in [4.78, 5) is 35.4. The lowest BCUT2D eigenvalue weighted by Crippen LogP contribution is -2.28. The molecule has 0 atom stereocenters.